The number of amides is 2. The monoisotopic (exact) mass is 407 g/mol. The van der Waals surface area contributed by atoms with Crippen LogP contribution in [0.25, 0.3) is 0 Å². The topological polar surface area (TPSA) is 119 Å². The molecule has 0 radical (unpaired) electrons. The fraction of sp³-hybridized carbons (Fsp3) is 0.364. The third kappa shape index (κ3) is 4.42. The van der Waals surface area contributed by atoms with Crippen LogP contribution < -0.4 is 16.4 Å². The summed E-state index contributed by atoms with van der Waals surface area (Å²) in [4.78, 5) is 35.9. The van der Waals surface area contributed by atoms with E-state index in [1.807, 2.05) is 29.1 Å². The van der Waals surface area contributed by atoms with Gasteiger partial charge in [0.1, 0.15) is 11.4 Å². The molecular weight excluding hydrogens is 382 g/mol. The van der Waals surface area contributed by atoms with Gasteiger partial charge in [0.25, 0.3) is 5.91 Å². The van der Waals surface area contributed by atoms with Crippen molar-refractivity contribution in [2.75, 3.05) is 0 Å². The molecular formula is C22H25N5O3. The molecule has 2 aromatic rings. The highest BCUT2D eigenvalue weighted by Crippen LogP contribution is 2.33. The molecule has 2 aliphatic rings. The molecule has 2 unspecified atom stereocenters. The Kier molecular flexibility index (Phi) is 5.65. The van der Waals surface area contributed by atoms with Gasteiger partial charge in [0.2, 0.25) is 5.91 Å². The number of nitrogens with one attached hydrogen (secondary N) is 2. The van der Waals surface area contributed by atoms with Crippen LogP contribution in [0.4, 0.5) is 0 Å². The molecule has 2 amide bonds. The van der Waals surface area contributed by atoms with Crippen molar-refractivity contribution in [3.05, 3.63) is 65.2 Å². The Hall–Kier alpha value is -3.42. The number of nitrogens with zero attached hydrogens (tertiary/aromatic N) is 2. The minimum absolute atomic E-state index is 0.0528. The van der Waals surface area contributed by atoms with Crippen LogP contribution in [0.1, 0.15) is 49.1 Å². The second-order valence-electron chi connectivity index (χ2n) is 7.93. The van der Waals surface area contributed by atoms with Gasteiger partial charge < -0.3 is 16.4 Å². The van der Waals surface area contributed by atoms with Crippen molar-refractivity contribution in [3.63, 3.8) is 0 Å². The highest BCUT2D eigenvalue weighted by molar-refractivity contribution is 6.16. The number of hydrogen-bond acceptors (Lipinski definition) is 5. The van der Waals surface area contributed by atoms with Crippen LogP contribution in [0.15, 0.2) is 54.1 Å². The third-order valence-corrected chi connectivity index (χ3v) is 5.70. The Morgan fingerprint density at radius 1 is 1.23 bits per heavy atom. The van der Waals surface area contributed by atoms with Gasteiger partial charge in [0.15, 0.2) is 5.78 Å². The molecule has 30 heavy (non-hydrogen) atoms. The van der Waals surface area contributed by atoms with Gasteiger partial charge in [0.05, 0.1) is 19.2 Å². The molecule has 8 heteroatoms. The fourth-order valence-electron chi connectivity index (χ4n) is 4.14. The number of carbonyl (C=O) groups is 3. The van der Waals surface area contributed by atoms with E-state index in [0.717, 1.165) is 37.8 Å². The van der Waals surface area contributed by atoms with Crippen molar-refractivity contribution in [1.82, 2.24) is 20.4 Å². The molecule has 4 N–H and O–H groups in total. The van der Waals surface area contributed by atoms with Gasteiger partial charge in [-0.25, -0.2) is 0 Å². The zero-order valence-corrected chi connectivity index (χ0v) is 16.6. The zero-order chi connectivity index (χ0) is 21.1. The summed E-state index contributed by atoms with van der Waals surface area (Å²) < 4.78 is 1.93. The number of rotatable bonds is 5. The lowest BCUT2D eigenvalue weighted by Gasteiger charge is -2.30. The maximum absolute atomic E-state index is 12.6. The predicted octanol–water partition coefficient (Wildman–Crippen LogP) is 1.33. The van der Waals surface area contributed by atoms with Gasteiger partial charge in [-0.15, -0.1) is 0 Å². The first-order valence-electron chi connectivity index (χ1n) is 10.2. The minimum Gasteiger partial charge on any atom is -0.394 e. The lowest BCUT2D eigenvalue weighted by atomic mass is 9.82. The summed E-state index contributed by atoms with van der Waals surface area (Å²) in [7, 11) is 0. The van der Waals surface area contributed by atoms with E-state index in [2.05, 4.69) is 34.1 Å². The molecule has 156 valence electrons. The van der Waals surface area contributed by atoms with Crippen LogP contribution in [-0.4, -0.2) is 33.4 Å². The van der Waals surface area contributed by atoms with Crippen LogP contribution in [0, 0.1) is 0 Å². The lowest BCUT2D eigenvalue weighted by molar-refractivity contribution is -0.129. The van der Waals surface area contributed by atoms with Gasteiger partial charge in [0, 0.05) is 12.2 Å². The van der Waals surface area contributed by atoms with Crippen molar-refractivity contribution < 1.29 is 14.4 Å². The Morgan fingerprint density at radius 2 is 2.03 bits per heavy atom. The summed E-state index contributed by atoms with van der Waals surface area (Å²) in [5, 5.41) is 9.85. The second kappa shape index (κ2) is 8.52. The first-order valence-corrected chi connectivity index (χ1v) is 10.2. The van der Waals surface area contributed by atoms with Crippen LogP contribution in [-0.2, 0) is 20.9 Å². The molecule has 8 nitrogen and oxygen atoms in total. The normalized spacial score (nSPS) is 22.0. The Morgan fingerprint density at radius 3 is 2.83 bits per heavy atom. The molecule has 1 aliphatic heterocycles. The summed E-state index contributed by atoms with van der Waals surface area (Å²) in [5.74, 6) is -1.23. The van der Waals surface area contributed by atoms with Gasteiger partial charge in [-0.2, -0.15) is 5.10 Å². The van der Waals surface area contributed by atoms with E-state index < -0.39 is 17.6 Å². The summed E-state index contributed by atoms with van der Waals surface area (Å²) in [5.41, 5.74) is 7.76. The molecule has 4 rings (SSSR count). The summed E-state index contributed by atoms with van der Waals surface area (Å²) in [6, 6.07) is 10.1. The zero-order valence-electron chi connectivity index (χ0n) is 16.6. The molecule has 0 saturated heterocycles. The van der Waals surface area contributed by atoms with E-state index in [-0.39, 0.29) is 23.9 Å². The van der Waals surface area contributed by atoms with E-state index in [9.17, 15) is 14.4 Å². The number of nitrogens with two attached hydrogens (primary N) is 1. The van der Waals surface area contributed by atoms with Gasteiger partial charge in [-0.1, -0.05) is 36.8 Å². The number of aromatic nitrogens is 2. The molecule has 2 heterocycles. The fourth-order valence-corrected chi connectivity index (χ4v) is 4.14. The van der Waals surface area contributed by atoms with Crippen molar-refractivity contribution in [2.45, 2.75) is 50.6 Å². The SMILES string of the molecule is NC1=C(C(=O)NC2CCCC(c3cnn(Cc4ccccc4)c3)C2)NC(=O)CC1=O. The summed E-state index contributed by atoms with van der Waals surface area (Å²) >= 11 is 0. The number of ketones is 1. The van der Waals surface area contributed by atoms with Gasteiger partial charge >= 0.3 is 0 Å². The molecule has 1 aromatic heterocycles. The van der Waals surface area contributed by atoms with Crippen molar-refractivity contribution >= 4 is 17.6 Å². The second-order valence-corrected chi connectivity index (χ2v) is 7.93. The molecule has 1 aliphatic carbocycles. The average molecular weight is 407 g/mol. The maximum Gasteiger partial charge on any atom is 0.270 e. The van der Waals surface area contributed by atoms with Crippen molar-refractivity contribution in [3.8, 4) is 0 Å². The molecule has 1 aromatic carbocycles. The van der Waals surface area contributed by atoms with E-state index in [4.69, 9.17) is 5.73 Å². The molecule has 1 fully saturated rings. The quantitative estimate of drug-likeness (QED) is 0.646. The van der Waals surface area contributed by atoms with Crippen LogP contribution in [0.3, 0.4) is 0 Å². The third-order valence-electron chi connectivity index (χ3n) is 5.70. The summed E-state index contributed by atoms with van der Waals surface area (Å²) in [6.45, 7) is 0.717. The van der Waals surface area contributed by atoms with Gasteiger partial charge in [-0.3, -0.25) is 19.1 Å². The number of benzene rings is 1. The molecule has 1 saturated carbocycles. The number of allylic oxidation sites excluding steroid dienone is 1. The maximum atomic E-state index is 12.6. The van der Waals surface area contributed by atoms with Gasteiger partial charge in [-0.05, 0) is 36.3 Å². The molecule has 0 bridgehead atoms. The van der Waals surface area contributed by atoms with Crippen LogP contribution >= 0.6 is 0 Å². The average Bonchev–Trinajstić information content (AvgIpc) is 3.20. The molecule has 2 atom stereocenters. The largest absolute Gasteiger partial charge is 0.394 e. The van der Waals surface area contributed by atoms with Crippen molar-refractivity contribution in [1.29, 1.82) is 0 Å². The molecule has 0 spiro atoms. The Balaban J connectivity index is 1.39. The van der Waals surface area contributed by atoms with E-state index in [0.29, 0.717) is 5.92 Å². The first kappa shape index (κ1) is 19.9. The highest BCUT2D eigenvalue weighted by atomic mass is 16.2. The van der Waals surface area contributed by atoms with E-state index in [1.54, 1.807) is 0 Å². The predicted molar refractivity (Wildman–Crippen MR) is 110 cm³/mol. The van der Waals surface area contributed by atoms with Crippen LogP contribution in [0.2, 0.25) is 0 Å². The highest BCUT2D eigenvalue weighted by Gasteiger charge is 2.31. The number of carbonyl (C=O) groups excluding carboxylic acids is 3. The minimum atomic E-state index is -0.517. The van der Waals surface area contributed by atoms with E-state index in [1.165, 1.54) is 5.56 Å². The van der Waals surface area contributed by atoms with Crippen molar-refractivity contribution in [2.24, 2.45) is 5.73 Å². The van der Waals surface area contributed by atoms with E-state index >= 15 is 0 Å². The first-order chi connectivity index (χ1) is 14.5. The Labute approximate surface area is 174 Å². The summed E-state index contributed by atoms with van der Waals surface area (Å²) in [6.07, 6.45) is 7.28. The Bertz CT molecular complexity index is 995. The van der Waals surface area contributed by atoms with Crippen LogP contribution in [0.5, 0.6) is 0 Å². The number of hydrogen-bond donors (Lipinski definition) is 3. The lowest BCUT2D eigenvalue weighted by Crippen LogP contribution is -2.46. The standard InChI is InChI=1S/C22H25N5O3/c23-20-18(28)10-19(29)26-21(20)22(30)25-17-8-4-7-15(9-17)16-11-24-27(13-16)12-14-5-2-1-3-6-14/h1-3,5-6,11,13,15,17H,4,7-10,12,23H2,(H,25,30)(H,26,29). The number of Topliss-reactive ketones (excluding diaryl/α,β-unsaturated/α-hetero) is 1. The smallest absolute Gasteiger partial charge is 0.270 e.